The number of anilines is 1. The quantitative estimate of drug-likeness (QED) is 0.777. The van der Waals surface area contributed by atoms with E-state index in [4.69, 9.17) is 0 Å². The molecule has 1 aliphatic rings. The summed E-state index contributed by atoms with van der Waals surface area (Å²) in [6.07, 6.45) is 0. The maximum absolute atomic E-state index is 13.6. The molecule has 1 heterocycles. The van der Waals surface area contributed by atoms with E-state index in [1.807, 2.05) is 0 Å². The van der Waals surface area contributed by atoms with Crippen molar-refractivity contribution in [3.8, 4) is 0 Å². The number of carbonyl (C=O) groups excluding carboxylic acids is 2. The van der Waals surface area contributed by atoms with Crippen molar-refractivity contribution >= 4 is 33.3 Å². The minimum absolute atomic E-state index is 0.0103. The third-order valence-electron chi connectivity index (χ3n) is 3.24. The largest absolute Gasteiger partial charge is 0.300 e. The zero-order valence-corrected chi connectivity index (χ0v) is 12.2. The Morgan fingerprint density at radius 3 is 2.57 bits per heavy atom. The predicted molar refractivity (Wildman–Crippen MR) is 76.0 cm³/mol. The third kappa shape index (κ3) is 2.35. The van der Waals surface area contributed by atoms with E-state index in [0.717, 1.165) is 11.0 Å². The van der Waals surface area contributed by atoms with Crippen molar-refractivity contribution in [2.45, 2.75) is 6.54 Å². The summed E-state index contributed by atoms with van der Waals surface area (Å²) >= 11 is 2.99. The molecule has 21 heavy (non-hydrogen) atoms. The van der Waals surface area contributed by atoms with Crippen LogP contribution in [0.15, 0.2) is 40.9 Å². The average molecular weight is 352 g/mol. The maximum atomic E-state index is 13.6. The molecule has 3 rings (SSSR count). The molecule has 1 aliphatic heterocycles. The number of hydrogen-bond acceptors (Lipinski definition) is 2. The number of ketones is 1. The number of hydrogen-bond donors (Lipinski definition) is 0. The van der Waals surface area contributed by atoms with E-state index in [0.29, 0.717) is 5.56 Å². The molecule has 0 radical (unpaired) electrons. The Hall–Kier alpha value is -2.08. The lowest BCUT2D eigenvalue weighted by molar-refractivity contribution is -0.114. The Bertz CT molecular complexity index is 776. The standard InChI is InChI=1S/C15H8BrF2NO2/c16-11-5-10-13(6-12(11)18)19(15(21)14(10)20)7-8-2-1-3-9(17)4-8/h1-6H,7H2. The molecular formula is C15H8BrF2NO2. The van der Waals surface area contributed by atoms with Crippen LogP contribution in [0.5, 0.6) is 0 Å². The molecule has 0 saturated carbocycles. The predicted octanol–water partition coefficient (Wildman–Crippen LogP) is 3.46. The molecule has 0 aliphatic carbocycles. The van der Waals surface area contributed by atoms with Crippen molar-refractivity contribution in [1.82, 2.24) is 0 Å². The summed E-state index contributed by atoms with van der Waals surface area (Å²) < 4.78 is 27.0. The fraction of sp³-hybridized carbons (Fsp3) is 0.0667. The second-order valence-corrected chi connectivity index (χ2v) is 5.49. The van der Waals surface area contributed by atoms with Gasteiger partial charge in [0.15, 0.2) is 0 Å². The molecule has 0 saturated heterocycles. The van der Waals surface area contributed by atoms with Gasteiger partial charge in [-0.15, -0.1) is 0 Å². The Morgan fingerprint density at radius 2 is 1.86 bits per heavy atom. The molecule has 1 amide bonds. The van der Waals surface area contributed by atoms with E-state index >= 15 is 0 Å². The number of carbonyl (C=O) groups is 2. The van der Waals surface area contributed by atoms with Gasteiger partial charge in [-0.1, -0.05) is 12.1 Å². The summed E-state index contributed by atoms with van der Waals surface area (Å²) in [4.78, 5) is 25.1. The summed E-state index contributed by atoms with van der Waals surface area (Å²) in [5.74, 6) is -2.44. The van der Waals surface area contributed by atoms with Gasteiger partial charge in [0.2, 0.25) is 0 Å². The van der Waals surface area contributed by atoms with Crippen LogP contribution in [-0.2, 0) is 11.3 Å². The SMILES string of the molecule is O=C1C(=O)N(Cc2cccc(F)c2)c2cc(F)c(Br)cc21. The van der Waals surface area contributed by atoms with E-state index in [-0.39, 0.29) is 22.3 Å². The smallest absolute Gasteiger partial charge is 0.299 e. The van der Waals surface area contributed by atoms with Crippen molar-refractivity contribution in [3.63, 3.8) is 0 Å². The summed E-state index contributed by atoms with van der Waals surface area (Å²) in [6.45, 7) is 0.0103. The van der Waals surface area contributed by atoms with Crippen molar-refractivity contribution in [2.24, 2.45) is 0 Å². The van der Waals surface area contributed by atoms with Gasteiger partial charge in [-0.2, -0.15) is 0 Å². The Morgan fingerprint density at radius 1 is 1.10 bits per heavy atom. The lowest BCUT2D eigenvalue weighted by Crippen LogP contribution is -2.29. The fourth-order valence-corrected chi connectivity index (χ4v) is 2.61. The zero-order chi connectivity index (χ0) is 15.1. The van der Waals surface area contributed by atoms with Gasteiger partial charge in [0, 0.05) is 0 Å². The van der Waals surface area contributed by atoms with Crippen LogP contribution in [-0.4, -0.2) is 11.7 Å². The Labute approximate surface area is 127 Å². The first-order valence-corrected chi connectivity index (χ1v) is 6.86. The van der Waals surface area contributed by atoms with E-state index in [1.165, 1.54) is 24.3 Å². The molecule has 0 fully saturated rings. The Kier molecular flexibility index (Phi) is 3.33. The molecule has 0 atom stereocenters. The third-order valence-corrected chi connectivity index (χ3v) is 3.85. The van der Waals surface area contributed by atoms with Gasteiger partial charge < -0.3 is 4.90 Å². The molecule has 2 aromatic carbocycles. The highest BCUT2D eigenvalue weighted by Gasteiger charge is 2.36. The highest BCUT2D eigenvalue weighted by atomic mass is 79.9. The van der Waals surface area contributed by atoms with Crippen LogP contribution in [0, 0.1) is 11.6 Å². The van der Waals surface area contributed by atoms with Crippen LogP contribution in [0.3, 0.4) is 0 Å². The number of rotatable bonds is 2. The first kappa shape index (κ1) is 13.9. The van der Waals surface area contributed by atoms with Gasteiger partial charge in [0.1, 0.15) is 11.6 Å². The topological polar surface area (TPSA) is 37.4 Å². The van der Waals surface area contributed by atoms with Crippen LogP contribution in [0.25, 0.3) is 0 Å². The Balaban J connectivity index is 2.03. The summed E-state index contributed by atoms with van der Waals surface area (Å²) in [6, 6.07) is 8.11. The van der Waals surface area contributed by atoms with Gasteiger partial charge in [0.25, 0.3) is 11.7 Å². The van der Waals surface area contributed by atoms with E-state index < -0.39 is 23.3 Å². The fourth-order valence-electron chi connectivity index (χ4n) is 2.26. The first-order valence-electron chi connectivity index (χ1n) is 6.07. The molecule has 0 unspecified atom stereocenters. The maximum Gasteiger partial charge on any atom is 0.299 e. The van der Waals surface area contributed by atoms with Gasteiger partial charge in [0.05, 0.1) is 22.3 Å². The van der Waals surface area contributed by atoms with Crippen LogP contribution in [0.4, 0.5) is 14.5 Å². The minimum atomic E-state index is -0.744. The molecule has 6 heteroatoms. The normalized spacial score (nSPS) is 13.8. The van der Waals surface area contributed by atoms with Gasteiger partial charge in [-0.3, -0.25) is 9.59 Å². The molecule has 0 N–H and O–H groups in total. The molecule has 3 nitrogen and oxygen atoms in total. The summed E-state index contributed by atoms with van der Waals surface area (Å²) in [5.41, 5.74) is 0.868. The second-order valence-electron chi connectivity index (χ2n) is 4.63. The molecular weight excluding hydrogens is 344 g/mol. The van der Waals surface area contributed by atoms with Crippen molar-refractivity contribution < 1.29 is 18.4 Å². The number of Topliss-reactive ketones (excluding diaryl/α,β-unsaturated/α-hetero) is 1. The zero-order valence-electron chi connectivity index (χ0n) is 10.6. The number of nitrogens with zero attached hydrogens (tertiary/aromatic N) is 1. The van der Waals surface area contributed by atoms with Crippen LogP contribution in [0.1, 0.15) is 15.9 Å². The lowest BCUT2D eigenvalue weighted by atomic mass is 10.1. The molecule has 106 valence electrons. The number of fused-ring (bicyclic) bond motifs is 1. The summed E-state index contributed by atoms with van der Waals surface area (Å²) in [5, 5.41) is 0. The molecule has 2 aromatic rings. The first-order chi connectivity index (χ1) is 9.97. The van der Waals surface area contributed by atoms with Crippen molar-refractivity contribution in [1.29, 1.82) is 0 Å². The molecule has 0 spiro atoms. The number of amides is 1. The monoisotopic (exact) mass is 351 g/mol. The van der Waals surface area contributed by atoms with Crippen LogP contribution in [0.2, 0.25) is 0 Å². The number of halogens is 3. The second kappa shape index (κ2) is 5.04. The van der Waals surface area contributed by atoms with Crippen LogP contribution >= 0.6 is 15.9 Å². The van der Waals surface area contributed by atoms with Gasteiger partial charge >= 0.3 is 0 Å². The minimum Gasteiger partial charge on any atom is -0.300 e. The van der Waals surface area contributed by atoms with E-state index in [2.05, 4.69) is 15.9 Å². The van der Waals surface area contributed by atoms with Crippen molar-refractivity contribution in [3.05, 3.63) is 63.6 Å². The number of benzene rings is 2. The summed E-state index contributed by atoms with van der Waals surface area (Å²) in [7, 11) is 0. The average Bonchev–Trinajstić information content (AvgIpc) is 2.65. The molecule has 0 aromatic heterocycles. The molecule has 0 bridgehead atoms. The van der Waals surface area contributed by atoms with Crippen molar-refractivity contribution in [2.75, 3.05) is 4.90 Å². The van der Waals surface area contributed by atoms with E-state index in [9.17, 15) is 18.4 Å². The lowest BCUT2D eigenvalue weighted by Gasteiger charge is -2.16. The van der Waals surface area contributed by atoms with Crippen LogP contribution < -0.4 is 4.90 Å². The highest BCUT2D eigenvalue weighted by molar-refractivity contribution is 9.10. The highest BCUT2D eigenvalue weighted by Crippen LogP contribution is 2.34. The van der Waals surface area contributed by atoms with Gasteiger partial charge in [-0.05, 0) is 45.8 Å². The van der Waals surface area contributed by atoms with E-state index in [1.54, 1.807) is 6.07 Å². The van der Waals surface area contributed by atoms with Gasteiger partial charge in [-0.25, -0.2) is 8.78 Å².